The number of unbranched alkanes of at least 4 members (excludes halogenated alkanes) is 15. The van der Waals surface area contributed by atoms with Gasteiger partial charge in [-0.3, -0.25) is 4.79 Å². The molecule has 0 unspecified atom stereocenters. The quantitative estimate of drug-likeness (QED) is 0.0560. The summed E-state index contributed by atoms with van der Waals surface area (Å²) in [5.41, 5.74) is 11.3. The predicted molar refractivity (Wildman–Crippen MR) is 167 cm³/mol. The van der Waals surface area contributed by atoms with E-state index in [0.717, 1.165) is 19.3 Å². The Hall–Kier alpha value is -2.37. The zero-order chi connectivity index (χ0) is 31.5. The van der Waals surface area contributed by atoms with Crippen LogP contribution in [0.25, 0.3) is 0 Å². The van der Waals surface area contributed by atoms with E-state index in [1.54, 1.807) is 0 Å². The molecule has 1 fully saturated rings. The fourth-order valence-corrected chi connectivity index (χ4v) is 5.78. The highest BCUT2D eigenvalue weighted by atomic mass is 16.6. The number of nitrogens with zero attached hydrogens (tertiary/aromatic N) is 1. The number of nitrogens with two attached hydrogens (primary N) is 2. The molecule has 0 spiro atoms. The number of carbonyl (C=O) groups excluding carboxylic acids is 2. The lowest BCUT2D eigenvalue weighted by Crippen LogP contribution is -2.62. The summed E-state index contributed by atoms with van der Waals surface area (Å²) in [5, 5.41) is 23.5. The summed E-state index contributed by atoms with van der Waals surface area (Å²) in [6.45, 7) is 3.99. The lowest BCUT2D eigenvalue weighted by Gasteiger charge is -2.43. The number of aliphatic imine (C=N–C) groups is 1. The second-order valence-electron chi connectivity index (χ2n) is 12.0. The van der Waals surface area contributed by atoms with E-state index in [1.807, 2.05) is 0 Å². The van der Waals surface area contributed by atoms with Crippen LogP contribution in [0.4, 0.5) is 0 Å². The van der Waals surface area contributed by atoms with Crippen LogP contribution in [-0.2, 0) is 23.8 Å². The van der Waals surface area contributed by atoms with E-state index in [2.05, 4.69) is 17.2 Å². The van der Waals surface area contributed by atoms with Crippen molar-refractivity contribution < 1.29 is 34.0 Å². The maximum absolute atomic E-state index is 12.9. The fraction of sp³-hybridized carbons (Fsp3) is 0.844. The van der Waals surface area contributed by atoms with Crippen molar-refractivity contribution in [2.75, 3.05) is 13.2 Å². The number of ether oxygens (including phenoxy) is 3. The number of esters is 1. The van der Waals surface area contributed by atoms with Gasteiger partial charge in [0.2, 0.25) is 11.7 Å². The van der Waals surface area contributed by atoms with Crippen LogP contribution < -0.4 is 16.8 Å². The monoisotopic (exact) mass is 610 g/mol. The van der Waals surface area contributed by atoms with Crippen LogP contribution in [0.3, 0.4) is 0 Å². The van der Waals surface area contributed by atoms with E-state index in [-0.39, 0.29) is 37.3 Å². The number of aliphatic hydroxyl groups is 2. The van der Waals surface area contributed by atoms with E-state index in [0.29, 0.717) is 0 Å². The zero-order valence-corrected chi connectivity index (χ0v) is 26.5. The van der Waals surface area contributed by atoms with Crippen LogP contribution in [0.5, 0.6) is 0 Å². The van der Waals surface area contributed by atoms with E-state index >= 15 is 0 Å². The van der Waals surface area contributed by atoms with Gasteiger partial charge in [-0.25, -0.2) is 9.79 Å². The number of carbonyl (C=O) groups is 2. The number of rotatable bonds is 21. The fourth-order valence-electron chi connectivity index (χ4n) is 5.78. The smallest absolute Gasteiger partial charge is 0.373 e. The molecule has 2 heterocycles. The second kappa shape index (κ2) is 21.4. The summed E-state index contributed by atoms with van der Waals surface area (Å²) < 4.78 is 17.1. The Morgan fingerprint density at radius 1 is 0.907 bits per heavy atom. The van der Waals surface area contributed by atoms with Gasteiger partial charge in [0.05, 0.1) is 24.8 Å². The average Bonchev–Trinajstić information content (AvgIpc) is 2.96. The van der Waals surface area contributed by atoms with Crippen LogP contribution >= 0.6 is 0 Å². The van der Waals surface area contributed by atoms with Crippen molar-refractivity contribution in [1.82, 2.24) is 5.32 Å². The first kappa shape index (κ1) is 36.8. The van der Waals surface area contributed by atoms with Crippen LogP contribution in [0.15, 0.2) is 16.8 Å². The standard InChI is InChI=1S/C32H58N4O7/c1-3-4-5-6-7-8-9-10-11-12-13-14-15-16-17-18-20-42-31(40)26-22-24(36-32(33)34)27(35-23(2)37)29(43-26)30-28(39)25(38)19-21-41-30/h22,24-25,27-30,38-39H,3-21H2,1-2H3,(H,35,37)(H4,33,34,36)/t24-,25+,27+,28+,29+,30+/m0/s1. The van der Waals surface area contributed by atoms with Crippen LogP contribution in [-0.4, -0.2) is 77.8 Å². The van der Waals surface area contributed by atoms with Crippen LogP contribution in [0, 0.1) is 0 Å². The lowest BCUT2D eigenvalue weighted by atomic mass is 9.88. The summed E-state index contributed by atoms with van der Waals surface area (Å²) in [4.78, 5) is 29.1. The molecule has 11 nitrogen and oxygen atoms in total. The summed E-state index contributed by atoms with van der Waals surface area (Å²) in [7, 11) is 0. The molecule has 0 saturated carbocycles. The normalized spacial score (nSPS) is 25.3. The molecule has 2 aliphatic rings. The Balaban J connectivity index is 1.72. The Morgan fingerprint density at radius 3 is 1.95 bits per heavy atom. The van der Waals surface area contributed by atoms with Gasteiger partial charge in [-0.05, 0) is 18.9 Å². The van der Waals surface area contributed by atoms with Gasteiger partial charge < -0.3 is 41.2 Å². The maximum atomic E-state index is 12.9. The third-order valence-corrected chi connectivity index (χ3v) is 8.19. The number of amides is 1. The minimum atomic E-state index is -1.30. The van der Waals surface area contributed by atoms with Gasteiger partial charge in [0, 0.05) is 13.5 Å². The molecule has 11 heteroatoms. The van der Waals surface area contributed by atoms with Crippen molar-refractivity contribution in [2.45, 2.75) is 160 Å². The number of hydrogen-bond acceptors (Lipinski definition) is 8. The highest BCUT2D eigenvalue weighted by Crippen LogP contribution is 2.30. The summed E-state index contributed by atoms with van der Waals surface area (Å²) in [5.74, 6) is -1.45. The topological polar surface area (TPSA) is 179 Å². The minimum Gasteiger partial charge on any atom is -0.478 e. The molecule has 7 N–H and O–H groups in total. The van der Waals surface area contributed by atoms with Gasteiger partial charge in [-0.2, -0.15) is 0 Å². The Morgan fingerprint density at radius 2 is 1.44 bits per heavy atom. The molecule has 0 radical (unpaired) electrons. The summed E-state index contributed by atoms with van der Waals surface area (Å²) >= 11 is 0. The van der Waals surface area contributed by atoms with Gasteiger partial charge in [0.1, 0.15) is 12.2 Å². The number of guanidine groups is 1. The third-order valence-electron chi connectivity index (χ3n) is 8.19. The van der Waals surface area contributed by atoms with Crippen molar-refractivity contribution >= 4 is 17.8 Å². The van der Waals surface area contributed by atoms with Gasteiger partial charge in [0.25, 0.3) is 0 Å². The SMILES string of the molecule is CCCCCCCCCCCCCCCCCCOC(=O)C1=C[C@H](N=C(N)N)[C@@H](NC(C)=O)[C@H]([C@@H]2OCC[C@@H](O)[C@H]2O)O1. The van der Waals surface area contributed by atoms with Crippen molar-refractivity contribution in [1.29, 1.82) is 0 Å². The minimum absolute atomic E-state index is 0.131. The molecule has 2 aliphatic heterocycles. The van der Waals surface area contributed by atoms with Gasteiger partial charge in [-0.15, -0.1) is 0 Å². The molecule has 1 saturated heterocycles. The van der Waals surface area contributed by atoms with Crippen molar-refractivity contribution in [3.05, 3.63) is 11.8 Å². The molecule has 0 aromatic heterocycles. The van der Waals surface area contributed by atoms with Gasteiger partial charge in [-0.1, -0.05) is 103 Å². The number of aliphatic hydroxyl groups excluding tert-OH is 2. The molecule has 0 aliphatic carbocycles. The van der Waals surface area contributed by atoms with Crippen molar-refractivity contribution in [2.24, 2.45) is 16.5 Å². The summed E-state index contributed by atoms with van der Waals surface area (Å²) in [6.07, 6.45) is 17.4. The molecule has 248 valence electrons. The average molecular weight is 611 g/mol. The van der Waals surface area contributed by atoms with E-state index in [1.165, 1.54) is 96.5 Å². The lowest BCUT2D eigenvalue weighted by molar-refractivity contribution is -0.186. The molecular formula is C32H58N4O7. The molecule has 0 bridgehead atoms. The molecule has 0 aromatic carbocycles. The highest BCUT2D eigenvalue weighted by Gasteiger charge is 2.48. The predicted octanol–water partition coefficient (Wildman–Crippen LogP) is 3.73. The molecule has 6 atom stereocenters. The molecule has 1 amide bonds. The third kappa shape index (κ3) is 14.3. The molecular weight excluding hydrogens is 552 g/mol. The first-order valence-corrected chi connectivity index (χ1v) is 16.6. The van der Waals surface area contributed by atoms with Crippen LogP contribution in [0.1, 0.15) is 123 Å². The van der Waals surface area contributed by atoms with Crippen LogP contribution in [0.2, 0.25) is 0 Å². The molecule has 0 aromatic rings. The number of nitrogens with one attached hydrogen (secondary N) is 1. The molecule has 43 heavy (non-hydrogen) atoms. The second-order valence-corrected chi connectivity index (χ2v) is 12.0. The maximum Gasteiger partial charge on any atom is 0.373 e. The van der Waals surface area contributed by atoms with Gasteiger partial charge >= 0.3 is 5.97 Å². The van der Waals surface area contributed by atoms with Crippen molar-refractivity contribution in [3.63, 3.8) is 0 Å². The Labute approximate surface area is 258 Å². The van der Waals surface area contributed by atoms with E-state index < -0.39 is 42.5 Å². The Kier molecular flexibility index (Phi) is 18.3. The van der Waals surface area contributed by atoms with Crippen molar-refractivity contribution in [3.8, 4) is 0 Å². The first-order valence-electron chi connectivity index (χ1n) is 16.6. The molecule has 2 rings (SSSR count). The summed E-state index contributed by atoms with van der Waals surface area (Å²) in [6, 6.07) is -1.73. The Bertz CT molecular complexity index is 865. The van der Waals surface area contributed by atoms with Gasteiger partial charge in [0.15, 0.2) is 12.1 Å². The van der Waals surface area contributed by atoms with E-state index in [9.17, 15) is 19.8 Å². The largest absolute Gasteiger partial charge is 0.478 e. The highest BCUT2D eigenvalue weighted by molar-refractivity contribution is 5.87. The first-order chi connectivity index (χ1) is 20.7. The number of hydrogen-bond donors (Lipinski definition) is 5. The zero-order valence-electron chi connectivity index (χ0n) is 26.5. The van der Waals surface area contributed by atoms with E-state index in [4.69, 9.17) is 25.7 Å².